The predicted molar refractivity (Wildman–Crippen MR) is 115 cm³/mol. The van der Waals surface area contributed by atoms with Crippen molar-refractivity contribution in [1.82, 2.24) is 10.2 Å². The van der Waals surface area contributed by atoms with Gasteiger partial charge in [-0.3, -0.25) is 9.69 Å². The number of hydrogen-bond donors (Lipinski definition) is 2. The molecule has 29 heavy (non-hydrogen) atoms. The van der Waals surface area contributed by atoms with Crippen LogP contribution in [0.25, 0.3) is 0 Å². The van der Waals surface area contributed by atoms with Crippen LogP contribution >= 0.6 is 0 Å². The summed E-state index contributed by atoms with van der Waals surface area (Å²) in [6.45, 7) is 4.26. The third kappa shape index (κ3) is 5.26. The van der Waals surface area contributed by atoms with Gasteiger partial charge in [0, 0.05) is 0 Å². The molecule has 0 aromatic heterocycles. The largest absolute Gasteiger partial charge is 0.388 e. The Balaban J connectivity index is 1.27. The lowest BCUT2D eigenvalue weighted by atomic mass is 9.87. The molecule has 1 saturated carbocycles. The maximum atomic E-state index is 12.7. The Morgan fingerprint density at radius 2 is 1.62 bits per heavy atom. The third-order valence-electron chi connectivity index (χ3n) is 6.43. The van der Waals surface area contributed by atoms with Crippen molar-refractivity contribution < 1.29 is 9.90 Å². The molecule has 4 heteroatoms. The summed E-state index contributed by atoms with van der Waals surface area (Å²) in [5.41, 5.74) is 3.46. The summed E-state index contributed by atoms with van der Waals surface area (Å²) in [6, 6.07) is 18.6. The number of likely N-dealkylation sites (tertiary alicyclic amines) is 1. The van der Waals surface area contributed by atoms with Crippen LogP contribution in [-0.4, -0.2) is 35.5 Å². The molecule has 4 rings (SSSR count). The zero-order chi connectivity index (χ0) is 20.2. The fourth-order valence-corrected chi connectivity index (χ4v) is 4.45. The highest BCUT2D eigenvalue weighted by molar-refractivity contribution is 5.78. The molecule has 2 aliphatic rings. The number of nitrogens with one attached hydrogen (secondary N) is 1. The number of amides is 1. The summed E-state index contributed by atoms with van der Waals surface area (Å²) >= 11 is 0. The number of hydrogen-bond acceptors (Lipinski definition) is 3. The first-order chi connectivity index (χ1) is 14.1. The van der Waals surface area contributed by atoms with Gasteiger partial charge in [-0.25, -0.2) is 0 Å². The van der Waals surface area contributed by atoms with Crippen molar-refractivity contribution in [2.75, 3.05) is 19.6 Å². The second kappa shape index (κ2) is 9.10. The van der Waals surface area contributed by atoms with E-state index in [0.717, 1.165) is 31.5 Å². The molecule has 154 valence electrons. The second-order valence-electron chi connectivity index (χ2n) is 8.76. The Bertz CT molecular complexity index is 793. The fourth-order valence-electron chi connectivity index (χ4n) is 4.45. The highest BCUT2D eigenvalue weighted by Gasteiger charge is 2.34. The van der Waals surface area contributed by atoms with Gasteiger partial charge in [0.1, 0.15) is 0 Å². The monoisotopic (exact) mass is 392 g/mol. The molecular weight excluding hydrogens is 360 g/mol. The SMILES string of the molecule is Cc1ccc(C(NC(=O)CN2CCC(C(O)c3ccccc3)CC2)C2CC2)cc1. The van der Waals surface area contributed by atoms with Crippen LogP contribution in [0.1, 0.15) is 54.5 Å². The summed E-state index contributed by atoms with van der Waals surface area (Å²) in [5.74, 6) is 0.960. The molecule has 1 saturated heterocycles. The molecule has 1 heterocycles. The maximum absolute atomic E-state index is 12.7. The molecule has 2 aromatic carbocycles. The van der Waals surface area contributed by atoms with E-state index in [4.69, 9.17) is 0 Å². The number of piperidine rings is 1. The number of aryl methyl sites for hydroxylation is 1. The van der Waals surface area contributed by atoms with Crippen LogP contribution in [0.15, 0.2) is 54.6 Å². The molecule has 0 spiro atoms. The standard InChI is InChI=1S/C25H32N2O2/c1-18-7-9-19(10-8-18)24(20-11-12-20)26-23(28)17-27-15-13-22(14-16-27)25(29)21-5-3-2-4-6-21/h2-10,20,22,24-25,29H,11-17H2,1H3,(H,26,28). The Morgan fingerprint density at radius 3 is 2.24 bits per heavy atom. The van der Waals surface area contributed by atoms with Crippen molar-refractivity contribution in [2.45, 2.75) is 44.8 Å². The van der Waals surface area contributed by atoms with Gasteiger partial charge in [-0.05, 0) is 68.7 Å². The molecular formula is C25H32N2O2. The lowest BCUT2D eigenvalue weighted by Gasteiger charge is -2.34. The minimum absolute atomic E-state index is 0.115. The molecule has 1 aliphatic carbocycles. The van der Waals surface area contributed by atoms with Gasteiger partial charge in [0.25, 0.3) is 0 Å². The van der Waals surface area contributed by atoms with Gasteiger partial charge in [-0.15, -0.1) is 0 Å². The van der Waals surface area contributed by atoms with Crippen molar-refractivity contribution in [3.63, 3.8) is 0 Å². The van der Waals surface area contributed by atoms with Crippen LogP contribution in [0, 0.1) is 18.8 Å². The van der Waals surface area contributed by atoms with Crippen molar-refractivity contribution in [2.24, 2.45) is 11.8 Å². The minimum Gasteiger partial charge on any atom is -0.388 e. The molecule has 2 fully saturated rings. The van der Waals surface area contributed by atoms with E-state index >= 15 is 0 Å². The van der Waals surface area contributed by atoms with Gasteiger partial charge in [-0.2, -0.15) is 0 Å². The Kier molecular flexibility index (Phi) is 6.31. The smallest absolute Gasteiger partial charge is 0.234 e. The van der Waals surface area contributed by atoms with E-state index in [2.05, 4.69) is 41.4 Å². The second-order valence-corrected chi connectivity index (χ2v) is 8.76. The lowest BCUT2D eigenvalue weighted by molar-refractivity contribution is -0.123. The van der Waals surface area contributed by atoms with E-state index in [0.29, 0.717) is 12.5 Å². The number of carbonyl (C=O) groups excluding carboxylic acids is 1. The van der Waals surface area contributed by atoms with Crippen LogP contribution < -0.4 is 5.32 Å². The molecule has 2 N–H and O–H groups in total. The van der Waals surface area contributed by atoms with Crippen LogP contribution in [0.2, 0.25) is 0 Å². The van der Waals surface area contributed by atoms with Crippen LogP contribution in [-0.2, 0) is 4.79 Å². The van der Waals surface area contributed by atoms with E-state index in [1.165, 1.54) is 24.0 Å². The van der Waals surface area contributed by atoms with E-state index in [1.54, 1.807) is 0 Å². The highest BCUT2D eigenvalue weighted by Crippen LogP contribution is 2.41. The first-order valence-corrected chi connectivity index (χ1v) is 10.9. The number of carbonyl (C=O) groups is 1. The van der Waals surface area contributed by atoms with Crippen LogP contribution in [0.4, 0.5) is 0 Å². The number of benzene rings is 2. The highest BCUT2D eigenvalue weighted by atomic mass is 16.3. The van der Waals surface area contributed by atoms with Gasteiger partial charge in [0.2, 0.25) is 5.91 Å². The number of aliphatic hydroxyl groups is 1. The molecule has 4 nitrogen and oxygen atoms in total. The van der Waals surface area contributed by atoms with Gasteiger partial charge in [-0.1, -0.05) is 60.2 Å². The van der Waals surface area contributed by atoms with Crippen LogP contribution in [0.3, 0.4) is 0 Å². The molecule has 2 atom stereocenters. The van der Waals surface area contributed by atoms with Crippen molar-refractivity contribution in [3.05, 3.63) is 71.3 Å². The van der Waals surface area contributed by atoms with Crippen LogP contribution in [0.5, 0.6) is 0 Å². The fraction of sp³-hybridized carbons (Fsp3) is 0.480. The summed E-state index contributed by atoms with van der Waals surface area (Å²) in [4.78, 5) is 15.0. The maximum Gasteiger partial charge on any atom is 0.234 e. The van der Waals surface area contributed by atoms with Crippen molar-refractivity contribution >= 4 is 5.91 Å². The molecule has 1 amide bonds. The first kappa shape index (κ1) is 20.1. The zero-order valence-corrected chi connectivity index (χ0v) is 17.3. The van der Waals surface area contributed by atoms with E-state index in [1.807, 2.05) is 30.3 Å². The van der Waals surface area contributed by atoms with Crippen molar-refractivity contribution in [1.29, 1.82) is 0 Å². The Labute approximate surface area is 173 Å². The topological polar surface area (TPSA) is 52.6 Å². The number of nitrogens with zero attached hydrogens (tertiary/aromatic N) is 1. The average Bonchev–Trinajstić information content (AvgIpc) is 3.59. The quantitative estimate of drug-likeness (QED) is 0.749. The van der Waals surface area contributed by atoms with Gasteiger partial charge in [0.05, 0.1) is 18.7 Å². The molecule has 0 bridgehead atoms. The van der Waals surface area contributed by atoms with E-state index in [9.17, 15) is 9.90 Å². The Morgan fingerprint density at radius 1 is 0.966 bits per heavy atom. The lowest BCUT2D eigenvalue weighted by Crippen LogP contribution is -2.43. The summed E-state index contributed by atoms with van der Waals surface area (Å²) < 4.78 is 0. The molecule has 1 aliphatic heterocycles. The summed E-state index contributed by atoms with van der Waals surface area (Å²) in [7, 11) is 0. The first-order valence-electron chi connectivity index (χ1n) is 10.9. The predicted octanol–water partition coefficient (Wildman–Crippen LogP) is 4.01. The summed E-state index contributed by atoms with van der Waals surface area (Å²) in [5, 5.41) is 13.9. The van der Waals surface area contributed by atoms with Crippen molar-refractivity contribution in [3.8, 4) is 0 Å². The van der Waals surface area contributed by atoms with Gasteiger partial charge >= 0.3 is 0 Å². The number of aliphatic hydroxyl groups excluding tert-OH is 1. The number of rotatable bonds is 7. The van der Waals surface area contributed by atoms with E-state index in [-0.39, 0.29) is 17.9 Å². The average molecular weight is 393 g/mol. The minimum atomic E-state index is -0.409. The zero-order valence-electron chi connectivity index (χ0n) is 17.3. The molecule has 2 unspecified atom stereocenters. The van der Waals surface area contributed by atoms with Gasteiger partial charge in [0.15, 0.2) is 0 Å². The Hall–Kier alpha value is -2.17. The normalized spacial score (nSPS) is 20.2. The molecule has 0 radical (unpaired) electrons. The molecule has 2 aromatic rings. The van der Waals surface area contributed by atoms with E-state index < -0.39 is 6.10 Å². The van der Waals surface area contributed by atoms with Gasteiger partial charge < -0.3 is 10.4 Å². The third-order valence-corrected chi connectivity index (χ3v) is 6.43. The summed E-state index contributed by atoms with van der Waals surface area (Å²) in [6.07, 6.45) is 3.83.